The number of hydrogen-bond donors (Lipinski definition) is 2. The maximum absolute atomic E-state index is 12.0. The van der Waals surface area contributed by atoms with Gasteiger partial charge < -0.3 is 10.1 Å². The summed E-state index contributed by atoms with van der Waals surface area (Å²) in [6.45, 7) is 3.69. The van der Waals surface area contributed by atoms with Gasteiger partial charge in [-0.3, -0.25) is 0 Å². The number of halogens is 1. The Morgan fingerprint density at radius 3 is 2.78 bits per heavy atom. The monoisotopic (exact) mass is 298 g/mol. The van der Waals surface area contributed by atoms with Crippen molar-refractivity contribution >= 4 is 22.4 Å². The van der Waals surface area contributed by atoms with E-state index in [4.69, 9.17) is 4.74 Å². The molecule has 2 atom stereocenters. The van der Waals surface area contributed by atoms with Crippen molar-refractivity contribution in [2.24, 2.45) is 5.92 Å². The summed E-state index contributed by atoms with van der Waals surface area (Å²) in [6.07, 6.45) is 3.66. The maximum Gasteiger partial charge on any atom is 0.216 e. The zero-order valence-corrected chi connectivity index (χ0v) is 12.2. The fourth-order valence-electron chi connectivity index (χ4n) is 2.44. The van der Waals surface area contributed by atoms with Crippen LogP contribution in [0.1, 0.15) is 25.7 Å². The molecule has 2 aliphatic rings. The van der Waals surface area contributed by atoms with Gasteiger partial charge in [-0.05, 0) is 44.7 Å². The van der Waals surface area contributed by atoms with E-state index in [2.05, 4.69) is 10.0 Å². The van der Waals surface area contributed by atoms with Gasteiger partial charge in [0.1, 0.15) is 0 Å². The summed E-state index contributed by atoms with van der Waals surface area (Å²) in [6, 6.07) is 0. The molecule has 2 rings (SSSR count). The van der Waals surface area contributed by atoms with Gasteiger partial charge >= 0.3 is 0 Å². The molecule has 2 N–H and O–H groups in total. The van der Waals surface area contributed by atoms with E-state index in [1.54, 1.807) is 0 Å². The van der Waals surface area contributed by atoms with Crippen LogP contribution in [0.5, 0.6) is 0 Å². The average molecular weight is 299 g/mol. The largest absolute Gasteiger partial charge is 0.380 e. The van der Waals surface area contributed by atoms with Crippen molar-refractivity contribution in [3.05, 3.63) is 0 Å². The maximum atomic E-state index is 12.0. The Balaban J connectivity index is 0.00000162. The molecule has 7 heteroatoms. The van der Waals surface area contributed by atoms with Crippen molar-refractivity contribution in [1.29, 1.82) is 0 Å². The molecule has 2 unspecified atom stereocenters. The lowest BCUT2D eigenvalue weighted by Gasteiger charge is -2.22. The Morgan fingerprint density at radius 1 is 1.33 bits per heavy atom. The third kappa shape index (κ3) is 4.66. The first-order valence-electron chi connectivity index (χ1n) is 6.45. The van der Waals surface area contributed by atoms with Crippen LogP contribution in [0.25, 0.3) is 0 Å². The smallest absolute Gasteiger partial charge is 0.216 e. The average Bonchev–Trinajstić information content (AvgIpc) is 2.83. The second kappa shape index (κ2) is 7.65. The predicted molar refractivity (Wildman–Crippen MR) is 73.6 cm³/mol. The summed E-state index contributed by atoms with van der Waals surface area (Å²) < 4.78 is 31.8. The Bertz CT molecular complexity index is 325. The zero-order chi connectivity index (χ0) is 12.1. The molecule has 0 saturated carbocycles. The molecule has 2 heterocycles. The molecule has 0 aromatic carbocycles. The molecule has 2 aliphatic heterocycles. The van der Waals surface area contributed by atoms with Crippen LogP contribution in [0.4, 0.5) is 0 Å². The topological polar surface area (TPSA) is 67.4 Å². The lowest BCUT2D eigenvalue weighted by molar-refractivity contribution is 0.0988. The summed E-state index contributed by atoms with van der Waals surface area (Å²) >= 11 is 0. The first kappa shape index (κ1) is 16.2. The summed E-state index contributed by atoms with van der Waals surface area (Å²) in [5.74, 6) is 0.625. The second-order valence-electron chi connectivity index (χ2n) is 4.93. The Labute approximate surface area is 116 Å². The van der Waals surface area contributed by atoms with E-state index in [0.29, 0.717) is 25.7 Å². The van der Waals surface area contributed by atoms with Crippen LogP contribution >= 0.6 is 12.4 Å². The highest BCUT2D eigenvalue weighted by molar-refractivity contribution is 7.90. The fourth-order valence-corrected chi connectivity index (χ4v) is 3.83. The minimum Gasteiger partial charge on any atom is -0.380 e. The molecule has 2 fully saturated rings. The molecule has 0 radical (unpaired) electrons. The summed E-state index contributed by atoms with van der Waals surface area (Å²) in [7, 11) is -3.17. The Kier molecular flexibility index (Phi) is 6.87. The second-order valence-corrected chi connectivity index (χ2v) is 6.97. The van der Waals surface area contributed by atoms with Gasteiger partial charge in [0.25, 0.3) is 0 Å². The van der Waals surface area contributed by atoms with Crippen molar-refractivity contribution in [3.8, 4) is 0 Å². The molecule has 18 heavy (non-hydrogen) atoms. The third-order valence-electron chi connectivity index (χ3n) is 3.58. The number of nitrogens with one attached hydrogen (secondary N) is 2. The van der Waals surface area contributed by atoms with E-state index >= 15 is 0 Å². The van der Waals surface area contributed by atoms with Crippen LogP contribution in [0.15, 0.2) is 0 Å². The van der Waals surface area contributed by atoms with Crippen LogP contribution in [-0.4, -0.2) is 46.5 Å². The molecule has 0 amide bonds. The van der Waals surface area contributed by atoms with E-state index in [1.807, 2.05) is 0 Å². The van der Waals surface area contributed by atoms with Crippen molar-refractivity contribution in [2.45, 2.75) is 30.9 Å². The van der Waals surface area contributed by atoms with Gasteiger partial charge in [-0.25, -0.2) is 13.1 Å². The van der Waals surface area contributed by atoms with Gasteiger partial charge in [-0.1, -0.05) is 0 Å². The van der Waals surface area contributed by atoms with Gasteiger partial charge in [-0.2, -0.15) is 0 Å². The van der Waals surface area contributed by atoms with Crippen LogP contribution in [0, 0.1) is 5.92 Å². The Morgan fingerprint density at radius 2 is 2.17 bits per heavy atom. The van der Waals surface area contributed by atoms with E-state index in [9.17, 15) is 8.42 Å². The van der Waals surface area contributed by atoms with Gasteiger partial charge in [0.15, 0.2) is 0 Å². The first-order valence-corrected chi connectivity index (χ1v) is 8.00. The van der Waals surface area contributed by atoms with Gasteiger partial charge in [-0.15, -0.1) is 12.4 Å². The van der Waals surface area contributed by atoms with Crippen molar-refractivity contribution < 1.29 is 13.2 Å². The van der Waals surface area contributed by atoms with E-state index in [0.717, 1.165) is 38.8 Å². The summed E-state index contributed by atoms with van der Waals surface area (Å²) in [5, 5.41) is 2.94. The zero-order valence-electron chi connectivity index (χ0n) is 10.6. The number of hydrogen-bond acceptors (Lipinski definition) is 4. The van der Waals surface area contributed by atoms with Crippen molar-refractivity contribution in [1.82, 2.24) is 10.0 Å². The molecule has 2 saturated heterocycles. The highest BCUT2D eigenvalue weighted by Gasteiger charge is 2.27. The predicted octanol–water partition coefficient (Wildman–Crippen LogP) is 0.506. The minimum atomic E-state index is -3.17. The molecule has 0 aromatic heterocycles. The summed E-state index contributed by atoms with van der Waals surface area (Å²) in [5.41, 5.74) is 0. The molecule has 108 valence electrons. The molecular formula is C11H23ClN2O3S. The third-order valence-corrected chi connectivity index (χ3v) is 5.43. The van der Waals surface area contributed by atoms with Gasteiger partial charge in [0.2, 0.25) is 10.0 Å². The lowest BCUT2D eigenvalue weighted by Crippen LogP contribution is -2.40. The van der Waals surface area contributed by atoms with Crippen LogP contribution in [-0.2, 0) is 14.8 Å². The highest BCUT2D eigenvalue weighted by atomic mass is 35.5. The number of ether oxygens (including phenoxy) is 1. The van der Waals surface area contributed by atoms with E-state index < -0.39 is 10.0 Å². The minimum absolute atomic E-state index is 0. The highest BCUT2D eigenvalue weighted by Crippen LogP contribution is 2.15. The molecule has 5 nitrogen and oxygen atoms in total. The number of sulfonamides is 1. The van der Waals surface area contributed by atoms with Crippen LogP contribution < -0.4 is 10.0 Å². The quantitative estimate of drug-likeness (QED) is 0.776. The SMILES string of the molecule is Cl.O=S(=O)(NCCC1CCNC1)C1CCCOC1. The Hall–Kier alpha value is 0.120. The van der Waals surface area contributed by atoms with Crippen molar-refractivity contribution in [3.63, 3.8) is 0 Å². The van der Waals surface area contributed by atoms with Gasteiger partial charge in [0.05, 0.1) is 11.9 Å². The lowest BCUT2D eigenvalue weighted by atomic mass is 10.1. The molecule has 0 bridgehead atoms. The summed E-state index contributed by atoms with van der Waals surface area (Å²) in [4.78, 5) is 0. The molecule has 0 aromatic rings. The molecular weight excluding hydrogens is 276 g/mol. The van der Waals surface area contributed by atoms with Crippen LogP contribution in [0.3, 0.4) is 0 Å². The molecule has 0 spiro atoms. The standard InChI is InChI=1S/C11H22N2O3S.ClH/c14-17(15,11-2-1-7-16-9-11)13-6-4-10-3-5-12-8-10;/h10-13H,1-9H2;1H. The normalized spacial score (nSPS) is 28.9. The molecule has 0 aliphatic carbocycles. The van der Waals surface area contributed by atoms with Crippen molar-refractivity contribution in [2.75, 3.05) is 32.8 Å². The first-order chi connectivity index (χ1) is 8.18. The fraction of sp³-hybridized carbons (Fsp3) is 1.00. The van der Waals surface area contributed by atoms with E-state index in [1.165, 1.54) is 0 Å². The van der Waals surface area contributed by atoms with Gasteiger partial charge in [0, 0.05) is 13.2 Å². The van der Waals surface area contributed by atoms with E-state index in [-0.39, 0.29) is 17.7 Å². The van der Waals surface area contributed by atoms with Crippen LogP contribution in [0.2, 0.25) is 0 Å². The number of rotatable bonds is 5.